The third-order valence-corrected chi connectivity index (χ3v) is 7.78. The number of carbonyl (C=O) groups excluding carboxylic acids is 4. The lowest BCUT2D eigenvalue weighted by atomic mass is 9.90. The highest BCUT2D eigenvalue weighted by atomic mass is 35.5. The van der Waals surface area contributed by atoms with Crippen LogP contribution in [0, 0.1) is 5.41 Å². The molecule has 10 heteroatoms. The Morgan fingerprint density at radius 2 is 1.94 bits per heavy atom. The summed E-state index contributed by atoms with van der Waals surface area (Å²) in [6.07, 6.45) is 5.04. The molecule has 0 aromatic heterocycles. The second kappa shape index (κ2) is 11.0. The molecule has 1 aliphatic carbocycles. The minimum Gasteiger partial charge on any atom is -0.467 e. The van der Waals surface area contributed by atoms with Crippen LogP contribution in [0.4, 0.5) is 0 Å². The molecule has 2 aliphatic heterocycles. The number of carbonyl (C=O) groups is 4. The standard InChI is InChI=1S/C26H32ClN3O6/c1-36-25(35)20(16-24(34)29-12-10-26(8-9-26)21(31)17-29)30-14-13-28(11-7-23(30)33)22(32)6-5-18-3-2-4-19(27)15-18/h2-6,15,20-21,31H,7-14,16-17H2,1H3/t20?,21-/m1/s1. The van der Waals surface area contributed by atoms with Gasteiger partial charge >= 0.3 is 5.97 Å². The topological polar surface area (TPSA) is 107 Å². The Bertz CT molecular complexity index is 1060. The molecule has 9 nitrogen and oxygen atoms in total. The Hall–Kier alpha value is -2.91. The quantitative estimate of drug-likeness (QED) is 0.455. The number of likely N-dealkylation sites (tertiary alicyclic amines) is 1. The smallest absolute Gasteiger partial charge is 0.329 e. The summed E-state index contributed by atoms with van der Waals surface area (Å²) in [5.74, 6) is -1.54. The van der Waals surface area contributed by atoms with Gasteiger partial charge < -0.3 is 24.5 Å². The summed E-state index contributed by atoms with van der Waals surface area (Å²) < 4.78 is 4.92. The fraction of sp³-hybridized carbons (Fsp3) is 0.538. The van der Waals surface area contributed by atoms with Crippen LogP contribution in [-0.2, 0) is 23.9 Å². The van der Waals surface area contributed by atoms with E-state index in [-0.39, 0.29) is 62.2 Å². The lowest BCUT2D eigenvalue weighted by Gasteiger charge is -2.37. The average Bonchev–Trinajstić information content (AvgIpc) is 3.67. The molecule has 1 spiro atoms. The van der Waals surface area contributed by atoms with E-state index in [9.17, 15) is 24.3 Å². The van der Waals surface area contributed by atoms with E-state index in [0.29, 0.717) is 11.6 Å². The van der Waals surface area contributed by atoms with Crippen LogP contribution in [0.5, 0.6) is 0 Å². The number of aliphatic hydroxyl groups excluding tert-OH is 1. The summed E-state index contributed by atoms with van der Waals surface area (Å²) in [5.41, 5.74) is 0.735. The van der Waals surface area contributed by atoms with Crippen LogP contribution in [0.15, 0.2) is 30.3 Å². The molecule has 1 N–H and O–H groups in total. The molecule has 1 unspecified atom stereocenters. The summed E-state index contributed by atoms with van der Waals surface area (Å²) in [4.78, 5) is 55.8. The first kappa shape index (κ1) is 26.2. The minimum atomic E-state index is -1.08. The minimum absolute atomic E-state index is 0.0311. The Morgan fingerprint density at radius 1 is 1.17 bits per heavy atom. The van der Waals surface area contributed by atoms with Crippen molar-refractivity contribution in [3.05, 3.63) is 40.9 Å². The van der Waals surface area contributed by atoms with Crippen LogP contribution in [0.3, 0.4) is 0 Å². The fourth-order valence-electron chi connectivity index (χ4n) is 5.01. The fourth-order valence-corrected chi connectivity index (χ4v) is 5.21. The van der Waals surface area contributed by atoms with E-state index in [1.165, 1.54) is 18.1 Å². The number of amides is 3. The van der Waals surface area contributed by atoms with Crippen molar-refractivity contribution in [2.45, 2.75) is 44.2 Å². The van der Waals surface area contributed by atoms with E-state index in [0.717, 1.165) is 24.8 Å². The van der Waals surface area contributed by atoms with Gasteiger partial charge in [0.2, 0.25) is 17.7 Å². The zero-order valence-corrected chi connectivity index (χ0v) is 21.2. The van der Waals surface area contributed by atoms with Gasteiger partial charge in [-0.1, -0.05) is 23.7 Å². The molecular weight excluding hydrogens is 486 g/mol. The van der Waals surface area contributed by atoms with Crippen molar-refractivity contribution in [2.24, 2.45) is 5.41 Å². The molecule has 3 fully saturated rings. The van der Waals surface area contributed by atoms with Crippen LogP contribution in [0.2, 0.25) is 5.02 Å². The van der Waals surface area contributed by atoms with Crippen molar-refractivity contribution in [3.63, 3.8) is 0 Å². The van der Waals surface area contributed by atoms with E-state index in [1.54, 1.807) is 34.1 Å². The third kappa shape index (κ3) is 5.90. The van der Waals surface area contributed by atoms with Gasteiger partial charge in [-0.15, -0.1) is 0 Å². The van der Waals surface area contributed by atoms with Crippen molar-refractivity contribution >= 4 is 41.4 Å². The average molecular weight is 518 g/mol. The van der Waals surface area contributed by atoms with Gasteiger partial charge in [-0.05, 0) is 48.4 Å². The van der Waals surface area contributed by atoms with Crippen molar-refractivity contribution in [1.29, 1.82) is 0 Å². The van der Waals surface area contributed by atoms with Crippen LogP contribution >= 0.6 is 11.6 Å². The van der Waals surface area contributed by atoms with Gasteiger partial charge in [0.1, 0.15) is 6.04 Å². The number of piperidine rings is 1. The zero-order chi connectivity index (χ0) is 25.9. The molecule has 1 saturated carbocycles. The summed E-state index contributed by atoms with van der Waals surface area (Å²) in [7, 11) is 1.22. The zero-order valence-electron chi connectivity index (χ0n) is 20.4. The molecule has 4 rings (SSSR count). The first-order valence-corrected chi connectivity index (χ1v) is 12.7. The normalized spacial score (nSPS) is 22.5. The molecule has 2 heterocycles. The SMILES string of the molecule is COC(=O)C(CC(=O)N1CCC2(CC2)[C@H](O)C1)N1CCN(C(=O)C=Cc2cccc(Cl)c2)CCC1=O. The van der Waals surface area contributed by atoms with E-state index in [2.05, 4.69) is 0 Å². The molecule has 1 aromatic rings. The molecule has 0 bridgehead atoms. The molecule has 3 amide bonds. The number of aliphatic hydroxyl groups is 1. The van der Waals surface area contributed by atoms with Gasteiger partial charge in [0.25, 0.3) is 0 Å². The number of esters is 1. The summed E-state index contributed by atoms with van der Waals surface area (Å²) in [5, 5.41) is 11.0. The number of halogens is 1. The Labute approximate surface area is 215 Å². The summed E-state index contributed by atoms with van der Waals surface area (Å²) in [6.45, 7) is 1.29. The van der Waals surface area contributed by atoms with Gasteiger partial charge in [-0.2, -0.15) is 0 Å². The molecule has 194 valence electrons. The summed E-state index contributed by atoms with van der Waals surface area (Å²) >= 11 is 5.99. The Kier molecular flexibility index (Phi) is 8.00. The highest BCUT2D eigenvalue weighted by Gasteiger charge is 2.52. The lowest BCUT2D eigenvalue weighted by Crippen LogP contribution is -2.52. The molecular formula is C26H32ClN3O6. The largest absolute Gasteiger partial charge is 0.467 e. The maximum atomic E-state index is 13.0. The number of methoxy groups -OCH3 is 1. The number of nitrogens with zero attached hydrogens (tertiary/aromatic N) is 3. The number of hydrogen-bond donors (Lipinski definition) is 1. The third-order valence-electron chi connectivity index (χ3n) is 7.55. The first-order chi connectivity index (χ1) is 17.2. The molecule has 0 radical (unpaired) electrons. The Balaban J connectivity index is 1.39. The van der Waals surface area contributed by atoms with Crippen LogP contribution in [0.25, 0.3) is 6.08 Å². The van der Waals surface area contributed by atoms with Crippen molar-refractivity contribution in [1.82, 2.24) is 14.7 Å². The second-order valence-electron chi connectivity index (χ2n) is 9.76. The van der Waals surface area contributed by atoms with Gasteiger partial charge in [0, 0.05) is 50.2 Å². The van der Waals surface area contributed by atoms with Crippen LogP contribution in [-0.4, -0.2) is 95.5 Å². The van der Waals surface area contributed by atoms with Crippen LogP contribution < -0.4 is 0 Å². The van der Waals surface area contributed by atoms with Gasteiger partial charge in [-0.25, -0.2) is 4.79 Å². The van der Waals surface area contributed by atoms with Gasteiger partial charge in [0.15, 0.2) is 0 Å². The highest BCUT2D eigenvalue weighted by Crippen LogP contribution is 2.53. The second-order valence-corrected chi connectivity index (χ2v) is 10.2. The number of hydrogen-bond acceptors (Lipinski definition) is 6. The van der Waals surface area contributed by atoms with E-state index < -0.39 is 18.1 Å². The highest BCUT2D eigenvalue weighted by molar-refractivity contribution is 6.30. The number of rotatable bonds is 6. The van der Waals surface area contributed by atoms with Crippen LogP contribution in [0.1, 0.15) is 37.7 Å². The van der Waals surface area contributed by atoms with Gasteiger partial charge in [0.05, 0.1) is 19.6 Å². The molecule has 3 aliphatic rings. The number of ether oxygens (including phenoxy) is 1. The monoisotopic (exact) mass is 517 g/mol. The molecule has 2 saturated heterocycles. The maximum Gasteiger partial charge on any atom is 0.329 e. The van der Waals surface area contributed by atoms with E-state index in [4.69, 9.17) is 16.3 Å². The summed E-state index contributed by atoms with van der Waals surface area (Å²) in [6, 6.07) is 6.02. The van der Waals surface area contributed by atoms with Gasteiger partial charge in [-0.3, -0.25) is 14.4 Å². The molecule has 1 aromatic carbocycles. The van der Waals surface area contributed by atoms with E-state index in [1.807, 2.05) is 6.07 Å². The van der Waals surface area contributed by atoms with Crippen molar-refractivity contribution in [3.8, 4) is 0 Å². The maximum absolute atomic E-state index is 13.0. The van der Waals surface area contributed by atoms with Crippen molar-refractivity contribution in [2.75, 3.05) is 39.8 Å². The Morgan fingerprint density at radius 3 is 2.61 bits per heavy atom. The number of β-amino-alcohol motifs (C(OH)–C–C–N with tert-alkyl or cyclic N) is 1. The number of benzene rings is 1. The predicted octanol–water partition coefficient (Wildman–Crippen LogP) is 1.72. The lowest BCUT2D eigenvalue weighted by molar-refractivity contribution is -0.156. The predicted molar refractivity (Wildman–Crippen MR) is 133 cm³/mol. The van der Waals surface area contributed by atoms with E-state index >= 15 is 0 Å². The van der Waals surface area contributed by atoms with Crippen molar-refractivity contribution < 1.29 is 29.0 Å². The molecule has 2 atom stereocenters. The first-order valence-electron chi connectivity index (χ1n) is 12.3. The molecule has 36 heavy (non-hydrogen) atoms.